The second kappa shape index (κ2) is 6.02. The minimum Gasteiger partial charge on any atom is -0.368 e. The molecular formula is C11H18ClN5. The van der Waals surface area contributed by atoms with E-state index in [-0.39, 0.29) is 0 Å². The van der Waals surface area contributed by atoms with E-state index in [2.05, 4.69) is 20.7 Å². The van der Waals surface area contributed by atoms with Crippen molar-refractivity contribution in [3.05, 3.63) is 11.2 Å². The number of aromatic nitrogens is 2. The highest BCUT2D eigenvalue weighted by atomic mass is 35.5. The van der Waals surface area contributed by atoms with Crippen molar-refractivity contribution in [3.8, 4) is 0 Å². The lowest BCUT2D eigenvalue weighted by molar-refractivity contribution is 0.373. The van der Waals surface area contributed by atoms with Crippen LogP contribution < -0.4 is 16.6 Å². The fraction of sp³-hybridized carbons (Fsp3) is 0.636. The molecule has 0 amide bonds. The van der Waals surface area contributed by atoms with Crippen LogP contribution in [0.1, 0.15) is 32.1 Å². The van der Waals surface area contributed by atoms with Gasteiger partial charge in [-0.3, -0.25) is 5.43 Å². The van der Waals surface area contributed by atoms with Crippen molar-refractivity contribution in [2.75, 3.05) is 17.3 Å². The Kier molecular flexibility index (Phi) is 4.39. The summed E-state index contributed by atoms with van der Waals surface area (Å²) < 4.78 is 0. The molecule has 0 aromatic carbocycles. The van der Waals surface area contributed by atoms with Crippen LogP contribution in [0.5, 0.6) is 0 Å². The third kappa shape index (κ3) is 3.44. The quantitative estimate of drug-likeness (QED) is 0.569. The maximum absolute atomic E-state index is 6.01. The molecule has 0 aliphatic heterocycles. The summed E-state index contributed by atoms with van der Waals surface area (Å²) in [7, 11) is 0. The van der Waals surface area contributed by atoms with Gasteiger partial charge < -0.3 is 5.32 Å². The Labute approximate surface area is 106 Å². The smallest absolute Gasteiger partial charge is 0.239 e. The van der Waals surface area contributed by atoms with Gasteiger partial charge in [0.1, 0.15) is 5.02 Å². The second-order valence-corrected chi connectivity index (χ2v) is 4.83. The van der Waals surface area contributed by atoms with E-state index in [4.69, 9.17) is 17.4 Å². The number of nitrogens with zero attached hydrogens (tertiary/aromatic N) is 2. The molecule has 0 radical (unpaired) electrons. The van der Waals surface area contributed by atoms with Crippen LogP contribution in [0.4, 0.5) is 11.8 Å². The summed E-state index contributed by atoms with van der Waals surface area (Å²) >= 11 is 6.01. The first-order valence-electron chi connectivity index (χ1n) is 6.02. The van der Waals surface area contributed by atoms with E-state index >= 15 is 0 Å². The maximum Gasteiger partial charge on any atom is 0.239 e. The number of nitrogen functional groups attached to an aromatic ring is 1. The van der Waals surface area contributed by atoms with Crippen LogP contribution in [-0.2, 0) is 0 Å². The van der Waals surface area contributed by atoms with Gasteiger partial charge in [-0.25, -0.2) is 10.8 Å². The van der Waals surface area contributed by atoms with Crippen molar-refractivity contribution in [2.24, 2.45) is 11.8 Å². The normalized spacial score (nSPS) is 16.8. The summed E-state index contributed by atoms with van der Waals surface area (Å²) in [6, 6.07) is 0. The van der Waals surface area contributed by atoms with Gasteiger partial charge >= 0.3 is 0 Å². The first-order valence-corrected chi connectivity index (χ1v) is 6.40. The van der Waals surface area contributed by atoms with Gasteiger partial charge in [0, 0.05) is 6.54 Å². The van der Waals surface area contributed by atoms with Gasteiger partial charge in [-0.05, 0) is 18.8 Å². The zero-order chi connectivity index (χ0) is 12.1. The van der Waals surface area contributed by atoms with Crippen molar-refractivity contribution in [1.82, 2.24) is 9.97 Å². The summed E-state index contributed by atoms with van der Waals surface area (Å²) in [6.45, 7) is 0.917. The summed E-state index contributed by atoms with van der Waals surface area (Å²) in [5.41, 5.74) is 2.41. The third-order valence-corrected chi connectivity index (χ3v) is 3.43. The molecule has 0 spiro atoms. The molecule has 2 rings (SSSR count). The van der Waals surface area contributed by atoms with Crippen molar-refractivity contribution < 1.29 is 0 Å². The van der Waals surface area contributed by atoms with Crippen molar-refractivity contribution >= 4 is 23.4 Å². The Morgan fingerprint density at radius 1 is 1.35 bits per heavy atom. The minimum absolute atomic E-state index is 0.376. The van der Waals surface area contributed by atoms with E-state index in [1.807, 2.05) is 0 Å². The van der Waals surface area contributed by atoms with Gasteiger partial charge in [0.15, 0.2) is 5.82 Å². The number of hydrogen-bond donors (Lipinski definition) is 3. The van der Waals surface area contributed by atoms with E-state index in [0.717, 1.165) is 12.5 Å². The largest absolute Gasteiger partial charge is 0.368 e. The molecule has 6 heteroatoms. The molecule has 1 heterocycles. The summed E-state index contributed by atoms with van der Waals surface area (Å²) in [6.07, 6.45) is 8.16. The molecule has 0 bridgehead atoms. The molecule has 1 fully saturated rings. The van der Waals surface area contributed by atoms with E-state index in [1.54, 1.807) is 6.20 Å². The van der Waals surface area contributed by atoms with Crippen LogP contribution >= 0.6 is 11.6 Å². The van der Waals surface area contributed by atoms with E-state index in [1.165, 1.54) is 32.1 Å². The number of rotatable bonds is 4. The fourth-order valence-electron chi connectivity index (χ4n) is 2.19. The van der Waals surface area contributed by atoms with Crippen molar-refractivity contribution in [1.29, 1.82) is 0 Å². The van der Waals surface area contributed by atoms with Crippen LogP contribution in [0.3, 0.4) is 0 Å². The predicted octanol–water partition coefficient (Wildman–Crippen LogP) is 2.41. The lowest BCUT2D eigenvalue weighted by Gasteiger charge is -2.22. The minimum atomic E-state index is 0.376. The Hall–Kier alpha value is -1.07. The van der Waals surface area contributed by atoms with Gasteiger partial charge in [-0.2, -0.15) is 4.98 Å². The summed E-state index contributed by atoms with van der Waals surface area (Å²) in [5, 5.41) is 3.81. The molecule has 1 aromatic heterocycles. The average Bonchev–Trinajstić information content (AvgIpc) is 2.39. The Morgan fingerprint density at radius 3 is 2.82 bits per heavy atom. The number of anilines is 2. The predicted molar refractivity (Wildman–Crippen MR) is 69.9 cm³/mol. The topological polar surface area (TPSA) is 75.9 Å². The first-order chi connectivity index (χ1) is 8.29. The number of hydrazine groups is 1. The van der Waals surface area contributed by atoms with Crippen LogP contribution in [0.2, 0.25) is 5.02 Å². The van der Waals surface area contributed by atoms with Crippen molar-refractivity contribution in [2.45, 2.75) is 32.1 Å². The van der Waals surface area contributed by atoms with Crippen LogP contribution in [0.15, 0.2) is 6.20 Å². The van der Waals surface area contributed by atoms with Crippen molar-refractivity contribution in [3.63, 3.8) is 0 Å². The highest BCUT2D eigenvalue weighted by Crippen LogP contribution is 2.25. The summed E-state index contributed by atoms with van der Waals surface area (Å²) in [5.74, 6) is 7.02. The van der Waals surface area contributed by atoms with Crippen LogP contribution in [-0.4, -0.2) is 16.5 Å². The monoisotopic (exact) mass is 255 g/mol. The molecule has 5 nitrogen and oxygen atoms in total. The fourth-order valence-corrected chi connectivity index (χ4v) is 2.35. The average molecular weight is 256 g/mol. The Balaban J connectivity index is 1.92. The molecule has 1 aliphatic rings. The SMILES string of the molecule is NNc1ncc(Cl)c(NCC2CCCCC2)n1. The standard InChI is InChI=1S/C11H18ClN5/c12-9-7-15-11(17-13)16-10(9)14-6-8-4-2-1-3-5-8/h7-8H,1-6,13H2,(H2,14,15,16,17). The molecule has 0 atom stereocenters. The molecule has 94 valence electrons. The summed E-state index contributed by atoms with van der Waals surface area (Å²) in [4.78, 5) is 8.12. The van der Waals surface area contributed by atoms with Gasteiger partial charge in [-0.1, -0.05) is 30.9 Å². The van der Waals surface area contributed by atoms with Crippen LogP contribution in [0.25, 0.3) is 0 Å². The molecule has 0 saturated heterocycles. The first kappa shape index (κ1) is 12.4. The number of halogens is 1. The Bertz CT molecular complexity index is 365. The third-order valence-electron chi connectivity index (χ3n) is 3.16. The van der Waals surface area contributed by atoms with Gasteiger partial charge in [0.25, 0.3) is 0 Å². The van der Waals surface area contributed by atoms with Crippen LogP contribution in [0, 0.1) is 5.92 Å². The highest BCUT2D eigenvalue weighted by Gasteiger charge is 2.14. The maximum atomic E-state index is 6.01. The lowest BCUT2D eigenvalue weighted by atomic mass is 9.89. The number of nitrogens with one attached hydrogen (secondary N) is 2. The molecule has 17 heavy (non-hydrogen) atoms. The highest BCUT2D eigenvalue weighted by molar-refractivity contribution is 6.32. The number of hydrogen-bond acceptors (Lipinski definition) is 5. The molecule has 0 unspecified atom stereocenters. The molecule has 1 saturated carbocycles. The van der Waals surface area contributed by atoms with Gasteiger partial charge in [0.05, 0.1) is 6.20 Å². The van der Waals surface area contributed by atoms with E-state index < -0.39 is 0 Å². The lowest BCUT2D eigenvalue weighted by Crippen LogP contribution is -2.18. The second-order valence-electron chi connectivity index (χ2n) is 4.42. The number of nitrogens with two attached hydrogens (primary N) is 1. The van der Waals surface area contributed by atoms with Gasteiger partial charge in [-0.15, -0.1) is 0 Å². The molecular weight excluding hydrogens is 238 g/mol. The van der Waals surface area contributed by atoms with E-state index in [9.17, 15) is 0 Å². The zero-order valence-electron chi connectivity index (χ0n) is 9.75. The molecule has 1 aromatic rings. The van der Waals surface area contributed by atoms with E-state index in [0.29, 0.717) is 16.8 Å². The Morgan fingerprint density at radius 2 is 2.12 bits per heavy atom. The molecule has 4 N–H and O–H groups in total. The van der Waals surface area contributed by atoms with Gasteiger partial charge in [0.2, 0.25) is 5.95 Å². The zero-order valence-corrected chi connectivity index (χ0v) is 10.5. The molecule has 1 aliphatic carbocycles.